The van der Waals surface area contributed by atoms with E-state index in [9.17, 15) is 4.79 Å². The van der Waals surface area contributed by atoms with Gasteiger partial charge in [0.05, 0.1) is 5.69 Å². The Morgan fingerprint density at radius 3 is 2.38 bits per heavy atom. The molecular weight excluding hydrogens is 202 g/mol. The van der Waals surface area contributed by atoms with Crippen molar-refractivity contribution in [3.05, 3.63) is 29.1 Å². The normalized spacial score (nSPS) is 12.6. The zero-order valence-corrected chi connectivity index (χ0v) is 10.6. The van der Waals surface area contributed by atoms with Crippen LogP contribution < -0.4 is 0 Å². The molecule has 0 saturated heterocycles. The van der Waals surface area contributed by atoms with Crippen molar-refractivity contribution < 1.29 is 9.53 Å². The summed E-state index contributed by atoms with van der Waals surface area (Å²) in [6.45, 7) is 9.44. The number of hydrogen-bond acceptors (Lipinski definition) is 3. The monoisotopic (exact) mass is 221 g/mol. The van der Waals surface area contributed by atoms with E-state index in [2.05, 4.69) is 4.98 Å². The van der Waals surface area contributed by atoms with E-state index in [1.807, 2.05) is 39.8 Å². The van der Waals surface area contributed by atoms with Gasteiger partial charge in [-0.2, -0.15) is 0 Å². The van der Waals surface area contributed by atoms with Crippen LogP contribution in [-0.2, 0) is 9.53 Å². The Bertz CT molecular complexity index is 386. The first-order valence-corrected chi connectivity index (χ1v) is 5.53. The fraction of sp³-hybridized carbons (Fsp3) is 0.538. The topological polar surface area (TPSA) is 39.2 Å². The number of rotatable bonds is 3. The smallest absolute Gasteiger partial charge is 0.303 e. The van der Waals surface area contributed by atoms with Crippen LogP contribution in [0.3, 0.4) is 0 Å². The Balaban J connectivity index is 3.01. The first kappa shape index (κ1) is 12.7. The molecule has 0 saturated carbocycles. The minimum absolute atomic E-state index is 0.221. The highest BCUT2D eigenvalue weighted by Gasteiger charge is 2.20. The van der Waals surface area contributed by atoms with Crippen molar-refractivity contribution in [2.24, 2.45) is 5.92 Å². The maximum atomic E-state index is 11.0. The molecular formula is C13H19NO2. The second-order valence-corrected chi connectivity index (χ2v) is 4.41. The number of carbonyl (C=O) groups excluding carboxylic acids is 1. The van der Waals surface area contributed by atoms with Crippen LogP contribution >= 0.6 is 0 Å². The largest absolute Gasteiger partial charge is 0.456 e. The fourth-order valence-electron chi connectivity index (χ4n) is 1.53. The molecule has 0 aliphatic carbocycles. The Labute approximate surface area is 96.8 Å². The molecule has 0 amide bonds. The van der Waals surface area contributed by atoms with Gasteiger partial charge in [0.2, 0.25) is 0 Å². The van der Waals surface area contributed by atoms with Gasteiger partial charge in [-0.15, -0.1) is 0 Å². The summed E-state index contributed by atoms with van der Waals surface area (Å²) in [5, 5.41) is 0. The van der Waals surface area contributed by atoms with Crippen molar-refractivity contribution in [3.63, 3.8) is 0 Å². The molecule has 0 spiro atoms. The summed E-state index contributed by atoms with van der Waals surface area (Å²) in [4.78, 5) is 15.5. The maximum Gasteiger partial charge on any atom is 0.303 e. The van der Waals surface area contributed by atoms with Crippen molar-refractivity contribution in [2.75, 3.05) is 0 Å². The van der Waals surface area contributed by atoms with Gasteiger partial charge in [0.25, 0.3) is 0 Å². The standard InChI is InChI=1S/C13H19NO2/c1-8(2)13(16-11(5)15)12-7-6-9(3)10(4)14-12/h6-8,13H,1-5H3. The van der Waals surface area contributed by atoms with Crippen LogP contribution in [0, 0.1) is 19.8 Å². The van der Waals surface area contributed by atoms with Crippen molar-refractivity contribution in [1.29, 1.82) is 0 Å². The third-order valence-corrected chi connectivity index (χ3v) is 2.56. The highest BCUT2D eigenvalue weighted by atomic mass is 16.5. The van der Waals surface area contributed by atoms with Crippen LogP contribution in [0.25, 0.3) is 0 Å². The van der Waals surface area contributed by atoms with E-state index in [0.29, 0.717) is 0 Å². The first-order chi connectivity index (χ1) is 7.41. The second-order valence-electron chi connectivity index (χ2n) is 4.41. The van der Waals surface area contributed by atoms with E-state index in [4.69, 9.17) is 4.74 Å². The lowest BCUT2D eigenvalue weighted by Crippen LogP contribution is -2.16. The molecule has 0 aromatic carbocycles. The molecule has 1 heterocycles. The van der Waals surface area contributed by atoms with Crippen LogP contribution in [0.1, 0.15) is 43.8 Å². The number of hydrogen-bond donors (Lipinski definition) is 0. The summed E-state index contributed by atoms with van der Waals surface area (Å²) in [6.07, 6.45) is -0.253. The molecule has 1 atom stereocenters. The highest BCUT2D eigenvalue weighted by Crippen LogP contribution is 2.25. The van der Waals surface area contributed by atoms with Gasteiger partial charge in [-0.1, -0.05) is 19.9 Å². The lowest BCUT2D eigenvalue weighted by molar-refractivity contribution is -0.149. The van der Waals surface area contributed by atoms with E-state index in [-0.39, 0.29) is 18.0 Å². The van der Waals surface area contributed by atoms with Crippen molar-refractivity contribution >= 4 is 5.97 Å². The molecule has 3 heteroatoms. The van der Waals surface area contributed by atoms with Crippen LogP contribution in [0.2, 0.25) is 0 Å². The molecule has 0 aliphatic rings. The zero-order valence-electron chi connectivity index (χ0n) is 10.6. The molecule has 1 unspecified atom stereocenters. The van der Waals surface area contributed by atoms with Gasteiger partial charge in [-0.3, -0.25) is 9.78 Å². The quantitative estimate of drug-likeness (QED) is 0.737. The summed E-state index contributed by atoms with van der Waals surface area (Å²) in [5.74, 6) is -0.0442. The predicted molar refractivity (Wildman–Crippen MR) is 63.1 cm³/mol. The molecule has 1 aromatic heterocycles. The van der Waals surface area contributed by atoms with E-state index >= 15 is 0 Å². The Kier molecular flexibility index (Phi) is 4.05. The number of aromatic nitrogens is 1. The minimum atomic E-state index is -0.265. The third kappa shape index (κ3) is 3.05. The summed E-state index contributed by atoms with van der Waals surface area (Å²) in [5.41, 5.74) is 2.96. The third-order valence-electron chi connectivity index (χ3n) is 2.56. The summed E-state index contributed by atoms with van der Waals surface area (Å²) >= 11 is 0. The van der Waals surface area contributed by atoms with Crippen molar-refractivity contribution in [2.45, 2.75) is 40.7 Å². The van der Waals surface area contributed by atoms with Crippen LogP contribution in [0.15, 0.2) is 12.1 Å². The van der Waals surface area contributed by atoms with E-state index < -0.39 is 0 Å². The molecule has 88 valence electrons. The van der Waals surface area contributed by atoms with Gasteiger partial charge in [0.15, 0.2) is 0 Å². The molecule has 16 heavy (non-hydrogen) atoms. The van der Waals surface area contributed by atoms with Gasteiger partial charge in [-0.05, 0) is 31.4 Å². The summed E-state index contributed by atoms with van der Waals surface area (Å²) in [7, 11) is 0. The Morgan fingerprint density at radius 2 is 1.94 bits per heavy atom. The van der Waals surface area contributed by atoms with Gasteiger partial charge >= 0.3 is 5.97 Å². The van der Waals surface area contributed by atoms with E-state index in [1.54, 1.807) is 0 Å². The van der Waals surface area contributed by atoms with E-state index in [1.165, 1.54) is 6.92 Å². The van der Waals surface area contributed by atoms with Crippen molar-refractivity contribution in [3.8, 4) is 0 Å². The number of esters is 1. The van der Waals surface area contributed by atoms with Gasteiger partial charge in [-0.25, -0.2) is 0 Å². The second kappa shape index (κ2) is 5.10. The zero-order chi connectivity index (χ0) is 12.3. The Hall–Kier alpha value is -1.38. The SMILES string of the molecule is CC(=O)OC(c1ccc(C)c(C)n1)C(C)C. The highest BCUT2D eigenvalue weighted by molar-refractivity contribution is 5.66. The van der Waals surface area contributed by atoms with Crippen LogP contribution in [-0.4, -0.2) is 11.0 Å². The molecule has 0 aliphatic heterocycles. The minimum Gasteiger partial charge on any atom is -0.456 e. The van der Waals surface area contributed by atoms with Gasteiger partial charge < -0.3 is 4.74 Å². The van der Waals surface area contributed by atoms with Crippen molar-refractivity contribution in [1.82, 2.24) is 4.98 Å². The molecule has 0 radical (unpaired) electrons. The summed E-state index contributed by atoms with van der Waals surface area (Å²) in [6, 6.07) is 3.94. The lowest BCUT2D eigenvalue weighted by Gasteiger charge is -2.20. The van der Waals surface area contributed by atoms with Crippen LogP contribution in [0.4, 0.5) is 0 Å². The molecule has 0 bridgehead atoms. The first-order valence-electron chi connectivity index (χ1n) is 5.53. The fourth-order valence-corrected chi connectivity index (χ4v) is 1.53. The maximum absolute atomic E-state index is 11.0. The lowest BCUT2D eigenvalue weighted by atomic mass is 10.0. The summed E-state index contributed by atoms with van der Waals surface area (Å²) < 4.78 is 5.29. The van der Waals surface area contributed by atoms with Gasteiger partial charge in [0.1, 0.15) is 6.10 Å². The number of carbonyl (C=O) groups is 1. The molecule has 0 N–H and O–H groups in total. The average molecular weight is 221 g/mol. The van der Waals surface area contributed by atoms with Gasteiger partial charge in [0, 0.05) is 12.6 Å². The van der Waals surface area contributed by atoms with E-state index in [0.717, 1.165) is 17.0 Å². The van der Waals surface area contributed by atoms with Crippen LogP contribution in [0.5, 0.6) is 0 Å². The number of pyridine rings is 1. The number of aryl methyl sites for hydroxylation is 2. The molecule has 1 aromatic rings. The molecule has 1 rings (SSSR count). The average Bonchev–Trinajstić information content (AvgIpc) is 2.18. The predicted octanol–water partition coefficient (Wildman–Crippen LogP) is 2.96. The molecule has 0 fully saturated rings. The molecule has 3 nitrogen and oxygen atoms in total. The number of ether oxygens (including phenoxy) is 1. The number of nitrogens with zero attached hydrogens (tertiary/aromatic N) is 1. The Morgan fingerprint density at radius 1 is 1.31 bits per heavy atom.